The molecule has 2 aromatic rings. The minimum atomic E-state index is -0.595. The van der Waals surface area contributed by atoms with Crippen molar-refractivity contribution in [2.45, 2.75) is 38.5 Å². The summed E-state index contributed by atoms with van der Waals surface area (Å²) >= 11 is 0. The van der Waals surface area contributed by atoms with E-state index in [1.54, 1.807) is 12.1 Å². The fourth-order valence-electron chi connectivity index (χ4n) is 4.70. The zero-order valence-corrected chi connectivity index (χ0v) is 18.5. The Bertz CT molecular complexity index is 1120. The van der Waals surface area contributed by atoms with Crippen LogP contribution in [0, 0.1) is 0 Å². The maximum Gasteiger partial charge on any atom is 0.336 e. The van der Waals surface area contributed by atoms with Gasteiger partial charge in [-0.3, -0.25) is 4.79 Å². The molecular formula is C26H27NO5. The monoisotopic (exact) mass is 433 g/mol. The normalized spacial score (nSPS) is 20.5. The van der Waals surface area contributed by atoms with E-state index in [1.165, 1.54) is 13.2 Å². The lowest BCUT2D eigenvalue weighted by Gasteiger charge is -2.36. The van der Waals surface area contributed by atoms with Gasteiger partial charge in [0, 0.05) is 29.3 Å². The molecule has 0 amide bonds. The summed E-state index contributed by atoms with van der Waals surface area (Å²) in [5.41, 5.74) is 4.28. The molecule has 6 heteroatoms. The van der Waals surface area contributed by atoms with Gasteiger partial charge in [0.15, 0.2) is 17.3 Å². The number of nitrogens with one attached hydrogen (secondary N) is 1. The first-order chi connectivity index (χ1) is 15.4. The number of benzene rings is 2. The minimum Gasteiger partial charge on any atom is -0.504 e. The second-order valence-corrected chi connectivity index (χ2v) is 8.08. The van der Waals surface area contributed by atoms with E-state index in [2.05, 4.69) is 5.32 Å². The molecule has 0 spiro atoms. The van der Waals surface area contributed by atoms with Gasteiger partial charge in [0.05, 0.1) is 19.3 Å². The van der Waals surface area contributed by atoms with E-state index in [9.17, 15) is 14.7 Å². The molecule has 166 valence electrons. The van der Waals surface area contributed by atoms with Crippen molar-refractivity contribution in [3.63, 3.8) is 0 Å². The van der Waals surface area contributed by atoms with Gasteiger partial charge < -0.3 is 19.9 Å². The van der Waals surface area contributed by atoms with Crippen LogP contribution in [0.3, 0.4) is 0 Å². The predicted molar refractivity (Wildman–Crippen MR) is 120 cm³/mol. The topological polar surface area (TPSA) is 84.9 Å². The Morgan fingerprint density at radius 3 is 2.56 bits per heavy atom. The number of esters is 1. The summed E-state index contributed by atoms with van der Waals surface area (Å²) in [6, 6.07) is 15.0. The summed E-state index contributed by atoms with van der Waals surface area (Å²) in [6.07, 6.45) is 1.04. The number of ether oxygens (including phenoxy) is 2. The molecule has 2 atom stereocenters. The quantitative estimate of drug-likeness (QED) is 0.683. The number of hydrogen-bond donors (Lipinski definition) is 2. The van der Waals surface area contributed by atoms with Crippen LogP contribution in [0.15, 0.2) is 71.1 Å². The van der Waals surface area contributed by atoms with Crippen molar-refractivity contribution in [1.82, 2.24) is 5.32 Å². The Labute approximate surface area is 187 Å². The van der Waals surface area contributed by atoms with Gasteiger partial charge >= 0.3 is 5.97 Å². The summed E-state index contributed by atoms with van der Waals surface area (Å²) in [5, 5.41) is 13.5. The summed E-state index contributed by atoms with van der Waals surface area (Å²) in [6.45, 7) is 4.03. The van der Waals surface area contributed by atoms with Crippen molar-refractivity contribution in [1.29, 1.82) is 0 Å². The standard InChI is InChI=1S/C26H27NO5/c1-4-32-22-14-17(10-11-20(22)28)24-23(26(30)31-3)15(2)27-19-12-18(13-21(29)25(19)24)16-8-6-5-7-9-16/h5-11,14,18,24,27-28H,4,12-13H2,1-3H3/t18-,24-/m1/s1. The van der Waals surface area contributed by atoms with Gasteiger partial charge in [-0.05, 0) is 49.4 Å². The van der Waals surface area contributed by atoms with Crippen molar-refractivity contribution in [3.05, 3.63) is 82.2 Å². The largest absolute Gasteiger partial charge is 0.504 e. The maximum atomic E-state index is 13.5. The number of carbonyl (C=O) groups is 2. The van der Waals surface area contributed by atoms with Crippen molar-refractivity contribution < 1.29 is 24.2 Å². The third-order valence-corrected chi connectivity index (χ3v) is 6.12. The van der Waals surface area contributed by atoms with Gasteiger partial charge in [-0.15, -0.1) is 0 Å². The lowest BCUT2D eigenvalue weighted by Crippen LogP contribution is -2.36. The molecule has 0 fully saturated rings. The maximum absolute atomic E-state index is 13.5. The van der Waals surface area contributed by atoms with Gasteiger partial charge in [-0.2, -0.15) is 0 Å². The van der Waals surface area contributed by atoms with Crippen molar-refractivity contribution >= 4 is 11.8 Å². The first-order valence-corrected chi connectivity index (χ1v) is 10.8. The van der Waals surface area contributed by atoms with Crippen molar-refractivity contribution in [3.8, 4) is 11.5 Å². The molecule has 0 unspecified atom stereocenters. The van der Waals surface area contributed by atoms with Crippen LogP contribution in [-0.2, 0) is 14.3 Å². The third-order valence-electron chi connectivity index (χ3n) is 6.12. The van der Waals surface area contributed by atoms with Gasteiger partial charge in [0.1, 0.15) is 0 Å². The Kier molecular flexibility index (Phi) is 6.04. The van der Waals surface area contributed by atoms with E-state index in [1.807, 2.05) is 44.2 Å². The number of ketones is 1. The van der Waals surface area contributed by atoms with Crippen LogP contribution in [0.25, 0.3) is 0 Å². The molecule has 2 N–H and O–H groups in total. The molecule has 0 bridgehead atoms. The molecule has 0 saturated carbocycles. The van der Waals surface area contributed by atoms with Crippen LogP contribution < -0.4 is 10.1 Å². The Morgan fingerprint density at radius 1 is 1.12 bits per heavy atom. The van der Waals surface area contributed by atoms with E-state index in [4.69, 9.17) is 9.47 Å². The fraction of sp³-hybridized carbons (Fsp3) is 0.308. The Balaban J connectivity index is 1.83. The summed E-state index contributed by atoms with van der Waals surface area (Å²) in [5.74, 6) is -0.686. The van der Waals surface area contributed by atoms with Crippen LogP contribution >= 0.6 is 0 Å². The van der Waals surface area contributed by atoms with Crippen LogP contribution in [0.2, 0.25) is 0 Å². The van der Waals surface area contributed by atoms with Crippen molar-refractivity contribution in [2.75, 3.05) is 13.7 Å². The number of methoxy groups -OCH3 is 1. The van der Waals surface area contributed by atoms with Gasteiger partial charge in [-0.1, -0.05) is 36.4 Å². The number of carbonyl (C=O) groups excluding carboxylic acids is 2. The highest BCUT2D eigenvalue weighted by atomic mass is 16.5. The van der Waals surface area contributed by atoms with Crippen molar-refractivity contribution in [2.24, 2.45) is 0 Å². The van der Waals surface area contributed by atoms with Crippen LogP contribution in [-0.4, -0.2) is 30.6 Å². The van der Waals surface area contributed by atoms with Crippen LogP contribution in [0.5, 0.6) is 11.5 Å². The van der Waals surface area contributed by atoms with Gasteiger partial charge in [0.2, 0.25) is 0 Å². The highest BCUT2D eigenvalue weighted by molar-refractivity contribution is 6.04. The fourth-order valence-corrected chi connectivity index (χ4v) is 4.70. The molecule has 1 heterocycles. The number of rotatable bonds is 5. The second kappa shape index (κ2) is 8.91. The average Bonchev–Trinajstić information content (AvgIpc) is 2.79. The molecule has 4 rings (SSSR count). The zero-order chi connectivity index (χ0) is 22.8. The highest BCUT2D eigenvalue weighted by Gasteiger charge is 2.41. The number of allylic oxidation sites excluding steroid dienone is 3. The molecule has 32 heavy (non-hydrogen) atoms. The zero-order valence-electron chi connectivity index (χ0n) is 18.5. The van der Waals surface area contributed by atoms with E-state index in [0.29, 0.717) is 47.6 Å². The molecule has 1 aliphatic heterocycles. The number of Topliss-reactive ketones (excluding diaryl/α,β-unsaturated/α-hetero) is 1. The molecular weight excluding hydrogens is 406 g/mol. The molecule has 0 saturated heterocycles. The molecule has 2 aromatic carbocycles. The number of dihydropyridines is 1. The van der Waals surface area contributed by atoms with Crippen LogP contribution in [0.4, 0.5) is 0 Å². The molecule has 1 aliphatic carbocycles. The smallest absolute Gasteiger partial charge is 0.336 e. The number of hydrogen-bond acceptors (Lipinski definition) is 6. The number of phenols is 1. The van der Waals surface area contributed by atoms with Gasteiger partial charge in [0.25, 0.3) is 0 Å². The number of aromatic hydroxyl groups is 1. The third kappa shape index (κ3) is 3.88. The Hall–Kier alpha value is -3.54. The first kappa shape index (κ1) is 21.7. The SMILES string of the molecule is CCOc1cc([C@@H]2C(C(=O)OC)=C(C)NC3=C2C(=O)C[C@H](c2ccccc2)C3)ccc1O. The molecule has 0 radical (unpaired) electrons. The summed E-state index contributed by atoms with van der Waals surface area (Å²) in [7, 11) is 1.33. The molecule has 2 aliphatic rings. The highest BCUT2D eigenvalue weighted by Crippen LogP contribution is 2.46. The van der Waals surface area contributed by atoms with E-state index >= 15 is 0 Å². The lowest BCUT2D eigenvalue weighted by molar-refractivity contribution is -0.136. The number of phenolic OH excluding ortho intramolecular Hbond substituents is 1. The molecule has 6 nitrogen and oxygen atoms in total. The molecule has 0 aromatic heterocycles. The summed E-state index contributed by atoms with van der Waals surface area (Å²) < 4.78 is 10.6. The van der Waals surface area contributed by atoms with E-state index < -0.39 is 11.9 Å². The average molecular weight is 434 g/mol. The van der Waals surface area contributed by atoms with Crippen LogP contribution in [0.1, 0.15) is 49.7 Å². The Morgan fingerprint density at radius 2 is 1.88 bits per heavy atom. The second-order valence-electron chi connectivity index (χ2n) is 8.08. The van der Waals surface area contributed by atoms with Gasteiger partial charge in [-0.25, -0.2) is 4.79 Å². The van der Waals surface area contributed by atoms with E-state index in [-0.39, 0.29) is 17.5 Å². The lowest BCUT2D eigenvalue weighted by atomic mass is 9.71. The first-order valence-electron chi connectivity index (χ1n) is 10.8. The predicted octanol–water partition coefficient (Wildman–Crippen LogP) is 4.33. The summed E-state index contributed by atoms with van der Waals surface area (Å²) in [4.78, 5) is 26.3. The van der Waals surface area contributed by atoms with E-state index in [0.717, 1.165) is 11.3 Å². The minimum absolute atomic E-state index is 0.00228.